The lowest BCUT2D eigenvalue weighted by atomic mass is 9.98. The molecule has 0 aliphatic carbocycles. The molecule has 0 spiro atoms. The molecule has 0 bridgehead atoms. The second kappa shape index (κ2) is 9.71. The monoisotopic (exact) mass is 435 g/mol. The van der Waals surface area contributed by atoms with Gasteiger partial charge >= 0.3 is 5.97 Å². The Balaban J connectivity index is 1.78. The number of ether oxygens (including phenoxy) is 1. The number of aryl methyl sites for hydroxylation is 3. The second-order valence-electron chi connectivity index (χ2n) is 7.59. The second-order valence-corrected chi connectivity index (χ2v) is 8.50. The molecule has 0 saturated heterocycles. The van der Waals surface area contributed by atoms with Gasteiger partial charge in [-0.25, -0.2) is 4.79 Å². The van der Waals surface area contributed by atoms with E-state index >= 15 is 0 Å². The molecular formula is C25H25NO4S. The molecule has 1 atom stereocenters. The summed E-state index contributed by atoms with van der Waals surface area (Å²) in [5.74, 6) is -0.782. The van der Waals surface area contributed by atoms with Crippen molar-refractivity contribution in [2.45, 2.75) is 33.2 Å². The van der Waals surface area contributed by atoms with Gasteiger partial charge in [0, 0.05) is 27.8 Å². The molecule has 3 aromatic rings. The van der Waals surface area contributed by atoms with Crippen molar-refractivity contribution in [3.8, 4) is 10.4 Å². The minimum absolute atomic E-state index is 0.290. The predicted molar refractivity (Wildman–Crippen MR) is 123 cm³/mol. The van der Waals surface area contributed by atoms with Crippen LogP contribution < -0.4 is 5.32 Å². The van der Waals surface area contributed by atoms with Gasteiger partial charge in [-0.1, -0.05) is 42.0 Å². The Morgan fingerprint density at radius 3 is 2.26 bits per heavy atom. The molecule has 2 aromatic carbocycles. The molecule has 0 aliphatic heterocycles. The fourth-order valence-electron chi connectivity index (χ4n) is 3.71. The third-order valence-electron chi connectivity index (χ3n) is 5.13. The Bertz CT molecular complexity index is 1090. The van der Waals surface area contributed by atoms with Gasteiger partial charge in [0.2, 0.25) is 0 Å². The van der Waals surface area contributed by atoms with E-state index in [1.807, 2.05) is 68.6 Å². The maximum atomic E-state index is 12.9. The molecular weight excluding hydrogens is 410 g/mol. The van der Waals surface area contributed by atoms with Crippen LogP contribution in [0.4, 0.5) is 0 Å². The number of hydrogen-bond donors (Lipinski definition) is 1. The van der Waals surface area contributed by atoms with Gasteiger partial charge in [0.05, 0.1) is 7.11 Å². The molecule has 0 aliphatic rings. The molecule has 3 rings (SSSR count). The van der Waals surface area contributed by atoms with Crippen LogP contribution in [0.15, 0.2) is 47.8 Å². The van der Waals surface area contributed by atoms with Crippen LogP contribution in [0.25, 0.3) is 10.4 Å². The molecule has 0 saturated carbocycles. The van der Waals surface area contributed by atoms with E-state index in [9.17, 15) is 14.4 Å². The molecule has 160 valence electrons. The number of amides is 1. The third-order valence-corrected chi connectivity index (χ3v) is 6.13. The first-order valence-corrected chi connectivity index (χ1v) is 10.8. The Morgan fingerprint density at radius 1 is 1.06 bits per heavy atom. The van der Waals surface area contributed by atoms with Crippen molar-refractivity contribution in [2.75, 3.05) is 7.11 Å². The minimum Gasteiger partial charge on any atom is -0.467 e. The molecule has 1 unspecified atom stereocenters. The largest absolute Gasteiger partial charge is 0.467 e. The highest BCUT2D eigenvalue weighted by atomic mass is 32.1. The zero-order valence-corrected chi connectivity index (χ0v) is 18.8. The van der Waals surface area contributed by atoms with Gasteiger partial charge < -0.3 is 10.1 Å². The number of aldehydes is 1. The fraction of sp³-hybridized carbons (Fsp3) is 0.240. The molecule has 31 heavy (non-hydrogen) atoms. The molecule has 0 fully saturated rings. The predicted octanol–water partition coefficient (Wildman–Crippen LogP) is 4.67. The number of hydrogen-bond acceptors (Lipinski definition) is 5. The van der Waals surface area contributed by atoms with E-state index < -0.39 is 12.0 Å². The number of esters is 1. The summed E-state index contributed by atoms with van der Waals surface area (Å²) < 4.78 is 4.92. The molecule has 1 amide bonds. The summed E-state index contributed by atoms with van der Waals surface area (Å²) in [4.78, 5) is 37.2. The first-order chi connectivity index (χ1) is 14.8. The van der Waals surface area contributed by atoms with Gasteiger partial charge in [-0.05, 0) is 49.1 Å². The Morgan fingerprint density at radius 2 is 1.71 bits per heavy atom. The highest BCUT2D eigenvalue weighted by Crippen LogP contribution is 2.27. The van der Waals surface area contributed by atoms with Crippen molar-refractivity contribution in [1.29, 1.82) is 0 Å². The van der Waals surface area contributed by atoms with Crippen molar-refractivity contribution in [2.24, 2.45) is 0 Å². The fourth-order valence-corrected chi connectivity index (χ4v) is 4.57. The van der Waals surface area contributed by atoms with E-state index in [-0.39, 0.29) is 5.91 Å². The van der Waals surface area contributed by atoms with Gasteiger partial charge in [0.25, 0.3) is 5.91 Å². The molecule has 6 heteroatoms. The van der Waals surface area contributed by atoms with Crippen molar-refractivity contribution in [3.05, 3.63) is 81.2 Å². The van der Waals surface area contributed by atoms with Crippen LogP contribution in [0, 0.1) is 20.8 Å². The van der Waals surface area contributed by atoms with Gasteiger partial charge in [0.1, 0.15) is 6.04 Å². The van der Waals surface area contributed by atoms with Crippen LogP contribution in [0.1, 0.15) is 43.0 Å². The molecule has 1 aromatic heterocycles. The molecule has 0 radical (unpaired) electrons. The van der Waals surface area contributed by atoms with Gasteiger partial charge in [0.15, 0.2) is 6.29 Å². The first kappa shape index (κ1) is 22.4. The smallest absolute Gasteiger partial charge is 0.328 e. The summed E-state index contributed by atoms with van der Waals surface area (Å²) >= 11 is 1.50. The van der Waals surface area contributed by atoms with Crippen LogP contribution in [0.2, 0.25) is 0 Å². The van der Waals surface area contributed by atoms with Gasteiger partial charge in [-0.2, -0.15) is 0 Å². The van der Waals surface area contributed by atoms with E-state index in [0.717, 1.165) is 39.0 Å². The lowest BCUT2D eigenvalue weighted by molar-refractivity contribution is -0.142. The summed E-state index contributed by atoms with van der Waals surface area (Å²) in [7, 11) is 1.31. The number of carbonyl (C=O) groups is 3. The number of carbonyl (C=O) groups excluding carboxylic acids is 3. The third kappa shape index (κ3) is 5.27. The van der Waals surface area contributed by atoms with E-state index in [1.54, 1.807) is 0 Å². The molecule has 1 heterocycles. The summed E-state index contributed by atoms with van der Waals surface area (Å²) in [6.07, 6.45) is 1.14. The molecule has 1 N–H and O–H groups in total. The summed E-state index contributed by atoms with van der Waals surface area (Å²) in [5.41, 5.74) is 5.94. The number of methoxy groups -OCH3 is 1. The summed E-state index contributed by atoms with van der Waals surface area (Å²) in [5, 5.41) is 4.65. The quantitative estimate of drug-likeness (QED) is 0.433. The maximum Gasteiger partial charge on any atom is 0.328 e. The summed E-state index contributed by atoms with van der Waals surface area (Å²) in [6.45, 7) is 5.77. The zero-order valence-electron chi connectivity index (χ0n) is 18.0. The van der Waals surface area contributed by atoms with Crippen molar-refractivity contribution >= 4 is 29.5 Å². The van der Waals surface area contributed by atoms with E-state index in [1.165, 1.54) is 18.4 Å². The Kier molecular flexibility index (Phi) is 7.02. The van der Waals surface area contributed by atoms with Gasteiger partial charge in [-0.3, -0.25) is 9.59 Å². The minimum atomic E-state index is -0.799. The lowest BCUT2D eigenvalue weighted by Gasteiger charge is -2.19. The Labute approximate surface area is 186 Å². The van der Waals surface area contributed by atoms with Crippen molar-refractivity contribution in [3.63, 3.8) is 0 Å². The topological polar surface area (TPSA) is 72.5 Å². The summed E-state index contributed by atoms with van der Waals surface area (Å²) in [6, 6.07) is 12.7. The average Bonchev–Trinajstić information content (AvgIpc) is 3.21. The standard InChI is InChI=1S/C25H25NO4S/c1-15-9-16(2)23(17(3)10-15)24(28)26-21(25(29)30-4)11-18-5-7-20(8-6-18)22-12-19(13-27)14-31-22/h5-10,12-14,21H,11H2,1-4H3,(H,26,28). The highest BCUT2D eigenvalue weighted by molar-refractivity contribution is 7.13. The van der Waals surface area contributed by atoms with Crippen LogP contribution in [0.5, 0.6) is 0 Å². The number of rotatable bonds is 7. The lowest BCUT2D eigenvalue weighted by Crippen LogP contribution is -2.43. The number of nitrogens with one attached hydrogen (secondary N) is 1. The first-order valence-electron chi connectivity index (χ1n) is 9.92. The number of benzene rings is 2. The normalized spacial score (nSPS) is 11.6. The SMILES string of the molecule is COC(=O)C(Cc1ccc(-c2cc(C=O)cs2)cc1)NC(=O)c1c(C)cc(C)cc1C. The number of thiophene rings is 1. The zero-order chi connectivity index (χ0) is 22.5. The van der Waals surface area contributed by atoms with E-state index in [0.29, 0.717) is 17.5 Å². The van der Waals surface area contributed by atoms with Crippen molar-refractivity contribution in [1.82, 2.24) is 5.32 Å². The van der Waals surface area contributed by atoms with E-state index in [2.05, 4.69) is 5.32 Å². The van der Waals surface area contributed by atoms with Crippen LogP contribution in [-0.4, -0.2) is 31.3 Å². The highest BCUT2D eigenvalue weighted by Gasteiger charge is 2.24. The maximum absolute atomic E-state index is 12.9. The average molecular weight is 436 g/mol. The molecule has 5 nitrogen and oxygen atoms in total. The van der Waals surface area contributed by atoms with E-state index in [4.69, 9.17) is 4.74 Å². The van der Waals surface area contributed by atoms with Crippen LogP contribution in [0.3, 0.4) is 0 Å². The van der Waals surface area contributed by atoms with Crippen molar-refractivity contribution < 1.29 is 19.1 Å². The van der Waals surface area contributed by atoms with Crippen LogP contribution in [-0.2, 0) is 16.0 Å². The van der Waals surface area contributed by atoms with Gasteiger partial charge in [-0.15, -0.1) is 11.3 Å². The van der Waals surface area contributed by atoms with Crippen LogP contribution >= 0.6 is 11.3 Å². The Hall–Kier alpha value is -3.25.